The zero-order valence-electron chi connectivity index (χ0n) is 2.53. The van der Waals surface area contributed by atoms with Crippen LogP contribution in [0.25, 0.3) is 0 Å². The zero-order valence-corrected chi connectivity index (χ0v) is 4.24. The van der Waals surface area contributed by atoms with Crippen LogP contribution in [0.3, 0.4) is 0 Å². The van der Waals surface area contributed by atoms with Gasteiger partial charge in [-0.15, -0.1) is 0 Å². The molecule has 0 aliphatic carbocycles. The van der Waals surface area contributed by atoms with E-state index in [-0.39, 0.29) is 0 Å². The molecule has 2 N–H and O–H groups in total. The standard InChI is InChI=1S/H2O5Se/c1-5-6(2,3)4/h1H,(H,2,3,4). The quantitative estimate of drug-likeness (QED) is 0.285. The van der Waals surface area contributed by atoms with Gasteiger partial charge in [-0.05, 0) is 0 Å². The summed E-state index contributed by atoms with van der Waals surface area (Å²) in [7, 11) is 0. The van der Waals surface area contributed by atoms with Crippen molar-refractivity contribution in [3.8, 4) is 0 Å². The summed E-state index contributed by atoms with van der Waals surface area (Å²) in [4.78, 5) is 0. The summed E-state index contributed by atoms with van der Waals surface area (Å²) in [5.41, 5.74) is 0. The normalized spacial score (nSPS) is 11.7. The predicted molar refractivity (Wildman–Crippen MR) is 13.1 cm³/mol. The molecule has 6 heteroatoms. The Labute approximate surface area is 35.4 Å². The summed E-state index contributed by atoms with van der Waals surface area (Å²) in [6.45, 7) is 0. The predicted octanol–water partition coefficient (Wildman–Crippen LogP) is -1.24. The molecule has 0 amide bonds. The van der Waals surface area contributed by atoms with Gasteiger partial charge in [0.05, 0.1) is 0 Å². The molecule has 6 heavy (non-hydrogen) atoms. The van der Waals surface area contributed by atoms with Crippen LogP contribution in [0.15, 0.2) is 0 Å². The maximum atomic E-state index is 9.16. The summed E-state index contributed by atoms with van der Waals surface area (Å²) >= 11 is -5.22. The molecule has 0 rings (SSSR count). The molecular formula is H2O5Se. The molecule has 0 saturated carbocycles. The molecule has 0 radical (unpaired) electrons. The molecule has 0 atom stereocenters. The van der Waals surface area contributed by atoms with Crippen LogP contribution in [0.1, 0.15) is 0 Å². The molecular weight excluding hydrogens is 159 g/mol. The van der Waals surface area contributed by atoms with E-state index in [2.05, 4.69) is 3.97 Å². The van der Waals surface area contributed by atoms with Gasteiger partial charge in [-0.25, -0.2) is 0 Å². The Morgan fingerprint density at radius 1 is 1.50 bits per heavy atom. The van der Waals surface area contributed by atoms with Gasteiger partial charge in [-0.2, -0.15) is 0 Å². The van der Waals surface area contributed by atoms with E-state index >= 15 is 0 Å². The van der Waals surface area contributed by atoms with E-state index in [0.717, 1.165) is 0 Å². The molecule has 0 aliphatic heterocycles. The second-order valence-electron chi connectivity index (χ2n) is 0.502. The number of hydrogen-bond acceptors (Lipinski definition) is 4. The van der Waals surface area contributed by atoms with Gasteiger partial charge >= 0.3 is 34.5 Å². The third-order valence-corrected chi connectivity index (χ3v) is 0.489. The average molecular weight is 161 g/mol. The first-order chi connectivity index (χ1) is 2.56. The molecule has 0 bridgehead atoms. The fourth-order valence-corrected chi connectivity index (χ4v) is 0. The molecule has 0 aromatic carbocycles. The second kappa shape index (κ2) is 1.63. The van der Waals surface area contributed by atoms with Gasteiger partial charge in [0.25, 0.3) is 0 Å². The summed E-state index contributed by atoms with van der Waals surface area (Å²) in [6.07, 6.45) is 0. The molecule has 38 valence electrons. The molecule has 0 heterocycles. The van der Waals surface area contributed by atoms with Crippen molar-refractivity contribution in [1.29, 1.82) is 0 Å². The Bertz CT molecular complexity index is 106. The van der Waals surface area contributed by atoms with Crippen LogP contribution in [0, 0.1) is 0 Å². The first-order valence-electron chi connectivity index (χ1n) is 0.865. The minimum atomic E-state index is -5.22. The fraction of sp³-hybridized carbons (Fsp3) is 0. The van der Waals surface area contributed by atoms with Crippen molar-refractivity contribution < 1.29 is 21.1 Å². The van der Waals surface area contributed by atoms with E-state index in [4.69, 9.17) is 17.1 Å². The van der Waals surface area contributed by atoms with Crippen molar-refractivity contribution in [2.75, 3.05) is 0 Å². The maximum absolute atomic E-state index is 9.16. The third-order valence-electron chi connectivity index (χ3n) is 0.0942. The van der Waals surface area contributed by atoms with Crippen molar-refractivity contribution in [3.05, 3.63) is 0 Å². The average Bonchev–Trinajstić information content (AvgIpc) is 1.35. The Hall–Kier alpha value is -0.000519. The molecule has 0 aliphatic rings. The third kappa shape index (κ3) is 4.00. The van der Waals surface area contributed by atoms with Crippen LogP contribution in [-0.4, -0.2) is 22.8 Å². The number of hydrogen-bond donors (Lipinski definition) is 2. The molecule has 0 saturated heterocycles. The first-order valence-corrected chi connectivity index (χ1v) is 3.73. The minimum absolute atomic E-state index is 2.54. The summed E-state index contributed by atoms with van der Waals surface area (Å²) in [5.74, 6) is 0. The Morgan fingerprint density at radius 2 is 1.67 bits per heavy atom. The van der Waals surface area contributed by atoms with Gasteiger partial charge in [0.2, 0.25) is 0 Å². The molecule has 0 spiro atoms. The van der Waals surface area contributed by atoms with Crippen LogP contribution in [-0.2, 0) is 11.6 Å². The van der Waals surface area contributed by atoms with Crippen LogP contribution in [0.4, 0.5) is 0 Å². The Kier molecular flexibility index (Phi) is 1.63. The van der Waals surface area contributed by atoms with Gasteiger partial charge in [-0.1, -0.05) is 0 Å². The fourth-order valence-electron chi connectivity index (χ4n) is 0. The molecule has 0 fully saturated rings. The van der Waals surface area contributed by atoms with Crippen LogP contribution >= 0.6 is 0 Å². The van der Waals surface area contributed by atoms with Crippen molar-refractivity contribution >= 4 is 13.4 Å². The van der Waals surface area contributed by atoms with Gasteiger partial charge in [0.1, 0.15) is 0 Å². The van der Waals surface area contributed by atoms with E-state index in [1.165, 1.54) is 0 Å². The number of rotatable bonds is 1. The van der Waals surface area contributed by atoms with E-state index in [0.29, 0.717) is 0 Å². The van der Waals surface area contributed by atoms with Crippen molar-refractivity contribution in [1.82, 2.24) is 0 Å². The van der Waals surface area contributed by atoms with E-state index < -0.39 is 13.4 Å². The summed E-state index contributed by atoms with van der Waals surface area (Å²) in [6, 6.07) is 0. The van der Waals surface area contributed by atoms with E-state index in [9.17, 15) is 0 Å². The van der Waals surface area contributed by atoms with Crippen molar-refractivity contribution in [3.63, 3.8) is 0 Å². The Balaban J connectivity index is 3.85. The van der Waals surface area contributed by atoms with E-state index in [1.807, 2.05) is 0 Å². The van der Waals surface area contributed by atoms with Crippen LogP contribution < -0.4 is 0 Å². The summed E-state index contributed by atoms with van der Waals surface area (Å²) in [5, 5.41) is 7.10. The van der Waals surface area contributed by atoms with Gasteiger partial charge in [0.15, 0.2) is 0 Å². The molecule has 0 aromatic heterocycles. The van der Waals surface area contributed by atoms with Crippen molar-refractivity contribution in [2.24, 2.45) is 0 Å². The molecule has 0 unspecified atom stereocenters. The van der Waals surface area contributed by atoms with Crippen LogP contribution in [0.5, 0.6) is 0 Å². The zero-order chi connectivity index (χ0) is 5.21. The first kappa shape index (κ1) is 6.00. The Morgan fingerprint density at radius 3 is 1.67 bits per heavy atom. The van der Waals surface area contributed by atoms with Gasteiger partial charge < -0.3 is 0 Å². The van der Waals surface area contributed by atoms with Gasteiger partial charge in [0, 0.05) is 0 Å². The van der Waals surface area contributed by atoms with Crippen LogP contribution in [0.2, 0.25) is 0 Å². The topological polar surface area (TPSA) is 83.8 Å². The van der Waals surface area contributed by atoms with Gasteiger partial charge in [-0.3, -0.25) is 0 Å². The van der Waals surface area contributed by atoms with Crippen molar-refractivity contribution in [2.45, 2.75) is 0 Å². The molecule has 0 aromatic rings. The SMILES string of the molecule is O=[Se](=O)(O)OO. The van der Waals surface area contributed by atoms with E-state index in [1.54, 1.807) is 0 Å². The monoisotopic (exact) mass is 162 g/mol. The molecule has 5 nitrogen and oxygen atoms in total. The summed E-state index contributed by atoms with van der Waals surface area (Å²) < 4.78 is 28.2. The second-order valence-corrected chi connectivity index (χ2v) is 2.61.